The average molecular weight is 277 g/mol. The topological polar surface area (TPSA) is 104 Å². The maximum atomic E-state index is 12.0. The van der Waals surface area contributed by atoms with Gasteiger partial charge in [-0.2, -0.15) is 0 Å². The van der Waals surface area contributed by atoms with Crippen LogP contribution >= 0.6 is 0 Å². The van der Waals surface area contributed by atoms with Gasteiger partial charge >= 0.3 is 0 Å². The number of hydrogen-bond donors (Lipinski definition) is 2. The summed E-state index contributed by atoms with van der Waals surface area (Å²) >= 11 is 0. The Morgan fingerprint density at radius 3 is 2.85 bits per heavy atom. The van der Waals surface area contributed by atoms with Gasteiger partial charge in [-0.05, 0) is 0 Å². The first-order chi connectivity index (χ1) is 9.74. The number of nitrogens with zero attached hydrogens (tertiary/aromatic N) is 5. The molecule has 2 aromatic heterocycles. The lowest BCUT2D eigenvalue weighted by Crippen LogP contribution is -2.26. The van der Waals surface area contributed by atoms with E-state index < -0.39 is 0 Å². The van der Waals surface area contributed by atoms with Crippen molar-refractivity contribution in [3.8, 4) is 0 Å². The standard InChI is InChI=1S/C12H15N5O3/c18-2-1-16-7-15-10-11(16)13-6-14-12(10)17-4-8(5-19)3-9(17)20/h6-8,18-19H,1-5H2. The van der Waals surface area contributed by atoms with Gasteiger partial charge in [-0.15, -0.1) is 0 Å². The normalized spacial score (nSPS) is 19.2. The van der Waals surface area contributed by atoms with Crippen LogP contribution in [0, 0.1) is 5.92 Å². The summed E-state index contributed by atoms with van der Waals surface area (Å²) in [6.45, 7) is 0.796. The molecular weight excluding hydrogens is 262 g/mol. The van der Waals surface area contributed by atoms with Crippen molar-refractivity contribution in [1.82, 2.24) is 19.5 Å². The summed E-state index contributed by atoms with van der Waals surface area (Å²) in [7, 11) is 0. The summed E-state index contributed by atoms with van der Waals surface area (Å²) in [5.41, 5.74) is 1.12. The van der Waals surface area contributed by atoms with E-state index in [1.807, 2.05) is 0 Å². The maximum Gasteiger partial charge on any atom is 0.228 e. The maximum absolute atomic E-state index is 12.0. The molecule has 1 atom stereocenters. The molecule has 106 valence electrons. The average Bonchev–Trinajstić information content (AvgIpc) is 3.03. The fraction of sp³-hybridized carbons (Fsp3) is 0.500. The number of fused-ring (bicyclic) bond motifs is 1. The number of aliphatic hydroxyl groups excluding tert-OH is 2. The molecule has 20 heavy (non-hydrogen) atoms. The lowest BCUT2D eigenvalue weighted by atomic mass is 10.1. The molecule has 3 rings (SSSR count). The molecule has 8 heteroatoms. The number of amides is 1. The largest absolute Gasteiger partial charge is 0.396 e. The molecule has 0 aromatic carbocycles. The fourth-order valence-corrected chi connectivity index (χ4v) is 2.45. The van der Waals surface area contributed by atoms with Crippen LogP contribution < -0.4 is 4.90 Å². The van der Waals surface area contributed by atoms with Gasteiger partial charge in [0.15, 0.2) is 17.0 Å². The zero-order valence-electron chi connectivity index (χ0n) is 10.8. The van der Waals surface area contributed by atoms with Crippen molar-refractivity contribution in [2.45, 2.75) is 13.0 Å². The van der Waals surface area contributed by atoms with E-state index in [2.05, 4.69) is 15.0 Å². The highest BCUT2D eigenvalue weighted by molar-refractivity contribution is 6.00. The Hall–Kier alpha value is -2.06. The quantitative estimate of drug-likeness (QED) is 0.755. The summed E-state index contributed by atoms with van der Waals surface area (Å²) in [6.07, 6.45) is 3.27. The lowest BCUT2D eigenvalue weighted by molar-refractivity contribution is -0.117. The molecular formula is C12H15N5O3. The summed E-state index contributed by atoms with van der Waals surface area (Å²) < 4.78 is 1.71. The molecule has 0 spiro atoms. The van der Waals surface area contributed by atoms with Crippen molar-refractivity contribution in [3.05, 3.63) is 12.7 Å². The highest BCUT2D eigenvalue weighted by atomic mass is 16.3. The Kier molecular flexibility index (Phi) is 3.33. The highest BCUT2D eigenvalue weighted by Crippen LogP contribution is 2.27. The van der Waals surface area contributed by atoms with Crippen molar-refractivity contribution in [3.63, 3.8) is 0 Å². The van der Waals surface area contributed by atoms with E-state index in [1.54, 1.807) is 15.8 Å². The van der Waals surface area contributed by atoms with Gasteiger partial charge in [-0.25, -0.2) is 15.0 Å². The number of imidazole rings is 1. The fourth-order valence-electron chi connectivity index (χ4n) is 2.45. The Labute approximate surface area is 114 Å². The van der Waals surface area contributed by atoms with Crippen LogP contribution in [0.25, 0.3) is 11.2 Å². The highest BCUT2D eigenvalue weighted by Gasteiger charge is 2.32. The minimum Gasteiger partial charge on any atom is -0.396 e. The number of hydrogen-bond acceptors (Lipinski definition) is 6. The Morgan fingerprint density at radius 2 is 2.15 bits per heavy atom. The van der Waals surface area contributed by atoms with Gasteiger partial charge in [0.1, 0.15) is 6.33 Å². The van der Waals surface area contributed by atoms with Crippen molar-refractivity contribution in [1.29, 1.82) is 0 Å². The molecule has 3 heterocycles. The van der Waals surface area contributed by atoms with E-state index in [-0.39, 0.29) is 25.0 Å². The molecule has 2 N–H and O–H groups in total. The van der Waals surface area contributed by atoms with Crippen molar-refractivity contribution in [2.75, 3.05) is 24.7 Å². The van der Waals surface area contributed by atoms with Crippen molar-refractivity contribution >= 4 is 22.9 Å². The first-order valence-corrected chi connectivity index (χ1v) is 6.42. The molecule has 0 saturated carbocycles. The number of rotatable bonds is 4. The van der Waals surface area contributed by atoms with Crippen LogP contribution in [0.3, 0.4) is 0 Å². The summed E-state index contributed by atoms with van der Waals surface area (Å²) in [4.78, 5) is 26.1. The van der Waals surface area contributed by atoms with Gasteiger partial charge in [-0.3, -0.25) is 9.69 Å². The van der Waals surface area contributed by atoms with E-state index in [1.165, 1.54) is 6.33 Å². The smallest absolute Gasteiger partial charge is 0.228 e. The van der Waals surface area contributed by atoms with Gasteiger partial charge in [-0.1, -0.05) is 0 Å². The van der Waals surface area contributed by atoms with Gasteiger partial charge in [0, 0.05) is 32.0 Å². The first kappa shape index (κ1) is 12.9. The predicted octanol–water partition coefficient (Wildman–Crippen LogP) is -0.836. The molecule has 1 aliphatic heterocycles. The van der Waals surface area contributed by atoms with Crippen LogP contribution in [-0.2, 0) is 11.3 Å². The third-order valence-corrected chi connectivity index (χ3v) is 3.44. The molecule has 2 aromatic rings. The zero-order chi connectivity index (χ0) is 14.1. The van der Waals surface area contributed by atoms with E-state index in [4.69, 9.17) is 5.11 Å². The molecule has 8 nitrogen and oxygen atoms in total. The number of anilines is 1. The van der Waals surface area contributed by atoms with Gasteiger partial charge in [0.2, 0.25) is 5.91 Å². The van der Waals surface area contributed by atoms with Crippen LogP contribution in [0.5, 0.6) is 0 Å². The van der Waals surface area contributed by atoms with Gasteiger partial charge in [0.25, 0.3) is 0 Å². The SMILES string of the molecule is O=C1CC(CO)CN1c1ncnc2c1ncn2CCO. The Balaban J connectivity index is 2.02. The second-order valence-electron chi connectivity index (χ2n) is 4.79. The molecule has 1 amide bonds. The number of aliphatic hydroxyl groups is 2. The van der Waals surface area contributed by atoms with Gasteiger partial charge in [0.05, 0.1) is 12.9 Å². The number of carbonyl (C=O) groups excluding carboxylic acids is 1. The summed E-state index contributed by atoms with van der Waals surface area (Å²) in [6, 6.07) is 0. The Bertz CT molecular complexity index is 641. The van der Waals surface area contributed by atoms with Crippen LogP contribution in [-0.4, -0.2) is 55.4 Å². The van der Waals surface area contributed by atoms with E-state index in [9.17, 15) is 9.90 Å². The first-order valence-electron chi connectivity index (χ1n) is 6.42. The van der Waals surface area contributed by atoms with Crippen LogP contribution in [0.1, 0.15) is 6.42 Å². The lowest BCUT2D eigenvalue weighted by Gasteiger charge is -2.15. The summed E-state index contributed by atoms with van der Waals surface area (Å²) in [5, 5.41) is 18.2. The van der Waals surface area contributed by atoms with Crippen LogP contribution in [0.4, 0.5) is 5.82 Å². The minimum absolute atomic E-state index is 0.0139. The molecule has 0 radical (unpaired) electrons. The van der Waals surface area contributed by atoms with E-state index in [0.29, 0.717) is 36.5 Å². The molecule has 1 aliphatic rings. The molecule has 0 bridgehead atoms. The number of aromatic nitrogens is 4. The zero-order valence-corrected chi connectivity index (χ0v) is 10.8. The second kappa shape index (κ2) is 5.14. The van der Waals surface area contributed by atoms with Crippen molar-refractivity contribution in [2.24, 2.45) is 5.92 Å². The van der Waals surface area contributed by atoms with E-state index in [0.717, 1.165) is 0 Å². The third-order valence-electron chi connectivity index (χ3n) is 3.44. The van der Waals surface area contributed by atoms with Crippen LogP contribution in [0.15, 0.2) is 12.7 Å². The van der Waals surface area contributed by atoms with Crippen LogP contribution in [0.2, 0.25) is 0 Å². The minimum atomic E-state index is -0.0687. The van der Waals surface area contributed by atoms with Gasteiger partial charge < -0.3 is 14.8 Å². The predicted molar refractivity (Wildman–Crippen MR) is 70.0 cm³/mol. The molecule has 1 unspecified atom stereocenters. The second-order valence-corrected chi connectivity index (χ2v) is 4.79. The van der Waals surface area contributed by atoms with E-state index >= 15 is 0 Å². The monoisotopic (exact) mass is 277 g/mol. The van der Waals surface area contributed by atoms with Crippen molar-refractivity contribution < 1.29 is 15.0 Å². The Morgan fingerprint density at radius 1 is 1.30 bits per heavy atom. The summed E-state index contributed by atoms with van der Waals surface area (Å²) in [5.74, 6) is 0.334. The number of carbonyl (C=O) groups is 1. The molecule has 0 aliphatic carbocycles. The molecule has 1 saturated heterocycles. The third kappa shape index (κ3) is 2.02. The molecule has 1 fully saturated rings.